The van der Waals surface area contributed by atoms with Crippen molar-refractivity contribution < 1.29 is 24.7 Å². The van der Waals surface area contributed by atoms with Crippen LogP contribution in [0.15, 0.2) is 87.8 Å². The third kappa shape index (κ3) is 4.18. The van der Waals surface area contributed by atoms with Crippen LogP contribution in [-0.4, -0.2) is 0 Å². The van der Waals surface area contributed by atoms with Crippen LogP contribution >= 0.6 is 31.9 Å². The van der Waals surface area contributed by atoms with Crippen molar-refractivity contribution in [1.29, 1.82) is 0 Å². The molecular weight excluding hydrogens is 594 g/mol. The molecule has 5 rings (SSSR count). The molecule has 0 bridgehead atoms. The molecule has 38 heavy (non-hydrogen) atoms. The van der Waals surface area contributed by atoms with Crippen molar-refractivity contribution in [3.63, 3.8) is 0 Å². The standard InChI is InChI=1S/C35H37Br2N/c1-22-19-29(38(27-14-10-25(36)11-15-27)28-16-12-26(37)13-17-28)20-23(2)32(22)24-9-18-30-31(21-24)34(5,6)35(7,8)33(30,3)4/h9-21H,1-8H3/i3D3,4D3,5D3,6D3,7D3,8D3. The largest absolute Gasteiger partial charge is 0.310 e. The smallest absolute Gasteiger partial charge is 0.0467 e. The molecule has 1 aliphatic rings. The highest BCUT2D eigenvalue weighted by Gasteiger charge is 2.56. The first kappa shape index (κ1) is 12.9. The zero-order valence-electron chi connectivity index (χ0n) is 38.7. The predicted molar refractivity (Wildman–Crippen MR) is 171 cm³/mol. The normalized spacial score (nSPS) is 25.8. The maximum Gasteiger partial charge on any atom is 0.0467 e. The summed E-state index contributed by atoms with van der Waals surface area (Å²) in [5.41, 5.74) is -10.7. The lowest BCUT2D eigenvalue weighted by molar-refractivity contribution is 0.125. The van der Waals surface area contributed by atoms with E-state index in [2.05, 4.69) is 31.9 Å². The average molecular weight is 650 g/mol. The summed E-state index contributed by atoms with van der Waals surface area (Å²) in [6.07, 6.45) is 0. The van der Waals surface area contributed by atoms with Crippen LogP contribution in [0.25, 0.3) is 11.1 Å². The summed E-state index contributed by atoms with van der Waals surface area (Å²) in [7, 11) is 0. The van der Waals surface area contributed by atoms with Gasteiger partial charge in [0, 0.05) is 50.7 Å². The molecular formula is C35H37Br2N. The van der Waals surface area contributed by atoms with Crippen molar-refractivity contribution in [2.45, 2.75) is 65.8 Å². The Morgan fingerprint density at radius 2 is 1.08 bits per heavy atom. The van der Waals surface area contributed by atoms with E-state index in [-0.39, 0.29) is 5.56 Å². The molecule has 1 nitrogen and oxygen atoms in total. The van der Waals surface area contributed by atoms with Crippen molar-refractivity contribution in [2.24, 2.45) is 5.41 Å². The number of anilines is 3. The van der Waals surface area contributed by atoms with Gasteiger partial charge >= 0.3 is 0 Å². The van der Waals surface area contributed by atoms with E-state index < -0.39 is 68.5 Å². The van der Waals surface area contributed by atoms with Gasteiger partial charge < -0.3 is 4.90 Å². The molecule has 0 fully saturated rings. The fourth-order valence-electron chi connectivity index (χ4n) is 5.17. The Balaban J connectivity index is 1.95. The minimum Gasteiger partial charge on any atom is -0.310 e. The van der Waals surface area contributed by atoms with Crippen LogP contribution in [0, 0.1) is 19.3 Å². The van der Waals surface area contributed by atoms with Gasteiger partial charge in [0.15, 0.2) is 0 Å². The first-order valence-corrected chi connectivity index (χ1v) is 13.4. The summed E-state index contributed by atoms with van der Waals surface area (Å²) in [6, 6.07) is 21.8. The first-order chi connectivity index (χ1) is 25.3. The van der Waals surface area contributed by atoms with Crippen molar-refractivity contribution in [3.8, 4) is 11.1 Å². The van der Waals surface area contributed by atoms with Gasteiger partial charge in [0.1, 0.15) is 0 Å². The van der Waals surface area contributed by atoms with Gasteiger partial charge in [-0.1, -0.05) is 91.2 Å². The topological polar surface area (TPSA) is 3.24 Å². The minimum atomic E-state index is -4.45. The molecule has 0 radical (unpaired) electrons. The lowest BCUT2D eigenvalue weighted by atomic mass is 9.59. The first-order valence-electron chi connectivity index (χ1n) is 20.8. The highest BCUT2D eigenvalue weighted by Crippen LogP contribution is 2.61. The quantitative estimate of drug-likeness (QED) is 0.213. The molecule has 0 saturated heterocycles. The number of hydrogen-bond donors (Lipinski definition) is 0. The van der Waals surface area contributed by atoms with E-state index >= 15 is 0 Å². The zero-order chi connectivity index (χ0) is 42.6. The lowest BCUT2D eigenvalue weighted by Crippen LogP contribution is -2.42. The summed E-state index contributed by atoms with van der Waals surface area (Å²) >= 11 is 6.93. The van der Waals surface area contributed by atoms with Gasteiger partial charge in [-0.25, -0.2) is 0 Å². The number of benzene rings is 4. The highest BCUT2D eigenvalue weighted by molar-refractivity contribution is 9.10. The van der Waals surface area contributed by atoms with Gasteiger partial charge in [0.2, 0.25) is 0 Å². The zero-order valence-corrected chi connectivity index (χ0v) is 23.9. The molecule has 0 heterocycles. The molecule has 0 aliphatic heterocycles. The Kier molecular flexibility index (Phi) is 3.18. The van der Waals surface area contributed by atoms with Gasteiger partial charge in [-0.3, -0.25) is 0 Å². The van der Waals surface area contributed by atoms with Gasteiger partial charge in [0.25, 0.3) is 0 Å². The second-order valence-corrected chi connectivity index (χ2v) is 11.6. The van der Waals surface area contributed by atoms with Gasteiger partial charge in [-0.05, 0) is 124 Å². The van der Waals surface area contributed by atoms with Gasteiger partial charge in [-0.15, -0.1) is 0 Å². The summed E-state index contributed by atoms with van der Waals surface area (Å²) in [5.74, 6) is 0. The Hall–Kier alpha value is -2.36. The molecule has 4 aromatic carbocycles. The van der Waals surface area contributed by atoms with E-state index in [1.165, 1.54) is 6.07 Å². The number of aryl methyl sites for hydroxylation is 2. The van der Waals surface area contributed by atoms with Crippen molar-refractivity contribution in [3.05, 3.63) is 110 Å². The molecule has 0 spiro atoms. The molecule has 0 amide bonds. The van der Waals surface area contributed by atoms with E-state index in [1.807, 2.05) is 65.6 Å². The third-order valence-electron chi connectivity index (χ3n) is 7.19. The fourth-order valence-corrected chi connectivity index (χ4v) is 5.70. The van der Waals surface area contributed by atoms with Crippen LogP contribution in [0.1, 0.15) is 88.0 Å². The Morgan fingerprint density at radius 1 is 0.579 bits per heavy atom. The van der Waals surface area contributed by atoms with E-state index in [0.717, 1.165) is 32.5 Å². The third-order valence-corrected chi connectivity index (χ3v) is 8.24. The molecule has 0 saturated carbocycles. The molecule has 0 unspecified atom stereocenters. The number of rotatable bonds is 4. The molecule has 0 N–H and O–H groups in total. The summed E-state index contributed by atoms with van der Waals surface area (Å²) in [5, 5.41) is 0. The highest BCUT2D eigenvalue weighted by atomic mass is 79.9. The van der Waals surface area contributed by atoms with E-state index in [1.54, 1.807) is 13.8 Å². The second kappa shape index (κ2) is 9.38. The van der Waals surface area contributed by atoms with Crippen LogP contribution in [0.4, 0.5) is 17.1 Å². The summed E-state index contributed by atoms with van der Waals surface area (Å²) < 4.78 is 159. The lowest BCUT2D eigenvalue weighted by Gasteiger charge is -2.44. The number of fused-ring (bicyclic) bond motifs is 1. The Bertz CT molecular complexity index is 2010. The Morgan fingerprint density at radius 3 is 1.55 bits per heavy atom. The molecule has 1 aliphatic carbocycles. The van der Waals surface area contributed by atoms with Gasteiger partial charge in [-0.2, -0.15) is 0 Å². The number of hydrogen-bond acceptors (Lipinski definition) is 1. The fraction of sp³-hybridized carbons (Fsp3) is 0.314. The van der Waals surface area contributed by atoms with Crippen molar-refractivity contribution >= 4 is 48.9 Å². The van der Waals surface area contributed by atoms with Crippen LogP contribution < -0.4 is 4.90 Å². The molecule has 4 aromatic rings. The molecule has 0 atom stereocenters. The molecule has 0 aromatic heterocycles. The van der Waals surface area contributed by atoms with Crippen LogP contribution in [0.2, 0.25) is 0 Å². The average Bonchev–Trinajstić information content (AvgIpc) is 3.30. The maximum absolute atomic E-state index is 8.78. The Labute approximate surface area is 270 Å². The predicted octanol–water partition coefficient (Wildman–Crippen LogP) is 11.6. The summed E-state index contributed by atoms with van der Waals surface area (Å²) in [4.78, 5) is 1.97. The van der Waals surface area contributed by atoms with E-state index in [9.17, 15) is 0 Å². The van der Waals surface area contributed by atoms with Crippen molar-refractivity contribution in [2.75, 3.05) is 4.90 Å². The molecule has 196 valence electrons. The maximum atomic E-state index is 8.78. The van der Waals surface area contributed by atoms with E-state index in [0.29, 0.717) is 22.4 Å². The van der Waals surface area contributed by atoms with Crippen LogP contribution in [0.3, 0.4) is 0 Å². The van der Waals surface area contributed by atoms with Crippen LogP contribution in [-0.2, 0) is 10.8 Å². The van der Waals surface area contributed by atoms with Crippen LogP contribution in [0.5, 0.6) is 0 Å². The minimum absolute atomic E-state index is 0.0823. The molecule has 3 heteroatoms. The SMILES string of the molecule is [2H]C([2H])([2H])C1(C([2H])([2H])[2H])c2ccc(-c3c(C)cc(N(c4ccc(Br)cc4)c4ccc(Br)cc4)cc3C)cc2C(C([2H])([2H])[2H])(C([2H])([2H])[2H])C1(C([2H])([2H])[2H])C([2H])([2H])[2H]. The van der Waals surface area contributed by atoms with E-state index in [4.69, 9.17) is 24.7 Å². The van der Waals surface area contributed by atoms with Crippen molar-refractivity contribution in [1.82, 2.24) is 0 Å². The number of nitrogens with zero attached hydrogens (tertiary/aromatic N) is 1. The monoisotopic (exact) mass is 647 g/mol. The second-order valence-electron chi connectivity index (χ2n) is 9.75. The number of halogens is 2. The summed E-state index contributed by atoms with van der Waals surface area (Å²) in [6.45, 7) is -21.7. The van der Waals surface area contributed by atoms with Gasteiger partial charge in [0.05, 0.1) is 0 Å².